The summed E-state index contributed by atoms with van der Waals surface area (Å²) in [4.78, 5) is 24.5. The fraction of sp³-hybridized carbons (Fsp3) is 0.500. The van der Waals surface area contributed by atoms with Crippen LogP contribution in [0.2, 0.25) is 0 Å². The fourth-order valence-electron chi connectivity index (χ4n) is 2.43. The van der Waals surface area contributed by atoms with Gasteiger partial charge in [0.1, 0.15) is 0 Å². The first-order valence-corrected chi connectivity index (χ1v) is 7.55. The minimum Gasteiger partial charge on any atom is -0.390 e. The second-order valence-corrected chi connectivity index (χ2v) is 6.42. The zero-order chi connectivity index (χ0) is 15.6. The normalized spacial score (nSPS) is 22.7. The number of halogens is 1. The summed E-state index contributed by atoms with van der Waals surface area (Å²) in [5.41, 5.74) is -0.574. The summed E-state index contributed by atoms with van der Waals surface area (Å²) in [5.74, 6) is -0.233. The summed E-state index contributed by atoms with van der Waals surface area (Å²) < 4.78 is 0.350. The second-order valence-electron chi connectivity index (χ2n) is 5.57. The van der Waals surface area contributed by atoms with Crippen LogP contribution < -0.4 is 0 Å². The number of benzene rings is 1. The molecule has 1 N–H and O–H groups in total. The van der Waals surface area contributed by atoms with Crippen LogP contribution in [0.5, 0.6) is 0 Å². The predicted octanol–water partition coefficient (Wildman–Crippen LogP) is 2.73. The topological polar surface area (TPSA) is 83.7 Å². The van der Waals surface area contributed by atoms with Crippen molar-refractivity contribution < 1.29 is 14.8 Å². The highest BCUT2D eigenvalue weighted by Crippen LogP contribution is 2.27. The molecule has 0 saturated carbocycles. The maximum absolute atomic E-state index is 12.5. The molecule has 1 atom stereocenters. The Morgan fingerprint density at radius 3 is 2.81 bits per heavy atom. The Balaban J connectivity index is 2.20. The van der Waals surface area contributed by atoms with E-state index < -0.39 is 10.5 Å². The van der Waals surface area contributed by atoms with Crippen molar-refractivity contribution in [3.63, 3.8) is 0 Å². The monoisotopic (exact) mass is 356 g/mol. The van der Waals surface area contributed by atoms with Gasteiger partial charge in [-0.1, -0.05) is 0 Å². The molecule has 1 saturated heterocycles. The lowest BCUT2D eigenvalue weighted by molar-refractivity contribution is -0.385. The Kier molecular flexibility index (Phi) is 4.63. The highest BCUT2D eigenvalue weighted by atomic mass is 79.9. The lowest BCUT2D eigenvalue weighted by Crippen LogP contribution is -2.33. The van der Waals surface area contributed by atoms with Crippen LogP contribution in [0, 0.1) is 10.1 Å². The van der Waals surface area contributed by atoms with Crippen molar-refractivity contribution in [1.29, 1.82) is 0 Å². The van der Waals surface area contributed by atoms with Crippen molar-refractivity contribution in [2.75, 3.05) is 13.1 Å². The van der Waals surface area contributed by atoms with Gasteiger partial charge in [0.15, 0.2) is 0 Å². The van der Waals surface area contributed by atoms with Crippen LogP contribution in [0.3, 0.4) is 0 Å². The average molecular weight is 357 g/mol. The molecule has 1 aromatic rings. The Hall–Kier alpha value is -1.47. The quantitative estimate of drug-likeness (QED) is 0.652. The number of amides is 1. The number of aliphatic hydroxyl groups is 1. The Labute approximate surface area is 131 Å². The summed E-state index contributed by atoms with van der Waals surface area (Å²) in [5, 5.41) is 21.0. The average Bonchev–Trinajstić information content (AvgIpc) is 2.59. The molecule has 1 aromatic carbocycles. The first-order valence-electron chi connectivity index (χ1n) is 6.76. The molecule has 1 amide bonds. The number of carbonyl (C=O) groups excluding carboxylic acids is 1. The zero-order valence-electron chi connectivity index (χ0n) is 11.7. The lowest BCUT2D eigenvalue weighted by atomic mass is 9.98. The van der Waals surface area contributed by atoms with Gasteiger partial charge < -0.3 is 10.0 Å². The Bertz CT molecular complexity index is 574. The Morgan fingerprint density at radius 1 is 1.43 bits per heavy atom. The third-order valence-corrected chi connectivity index (χ3v) is 4.41. The summed E-state index contributed by atoms with van der Waals surface area (Å²) >= 11 is 3.10. The molecule has 0 radical (unpaired) electrons. The molecule has 1 unspecified atom stereocenters. The first-order chi connectivity index (χ1) is 9.80. The third-order valence-electron chi connectivity index (χ3n) is 3.74. The minimum absolute atomic E-state index is 0.123. The van der Waals surface area contributed by atoms with Gasteiger partial charge in [0, 0.05) is 24.7 Å². The van der Waals surface area contributed by atoms with Gasteiger partial charge in [-0.25, -0.2) is 0 Å². The highest BCUT2D eigenvalue weighted by molar-refractivity contribution is 9.10. The third kappa shape index (κ3) is 3.79. The second kappa shape index (κ2) is 6.11. The van der Waals surface area contributed by atoms with Gasteiger partial charge in [0.2, 0.25) is 0 Å². The molecule has 1 aliphatic rings. The molecule has 1 aliphatic heterocycles. The molecule has 6 nitrogen and oxygen atoms in total. The maximum atomic E-state index is 12.5. The highest BCUT2D eigenvalue weighted by Gasteiger charge is 2.28. The molecule has 0 spiro atoms. The molecule has 0 aromatic heterocycles. The predicted molar refractivity (Wildman–Crippen MR) is 81.2 cm³/mol. The maximum Gasteiger partial charge on any atom is 0.284 e. The van der Waals surface area contributed by atoms with Gasteiger partial charge in [-0.15, -0.1) is 0 Å². The molecular weight excluding hydrogens is 340 g/mol. The largest absolute Gasteiger partial charge is 0.390 e. The fourth-order valence-corrected chi connectivity index (χ4v) is 2.83. The summed E-state index contributed by atoms with van der Waals surface area (Å²) in [6.07, 6.45) is 1.88. The van der Waals surface area contributed by atoms with E-state index in [0.29, 0.717) is 36.0 Å². The molecule has 1 fully saturated rings. The van der Waals surface area contributed by atoms with E-state index in [1.165, 1.54) is 12.1 Å². The number of nitro benzene ring substituents is 1. The number of likely N-dealkylation sites (tertiary alicyclic amines) is 1. The van der Waals surface area contributed by atoms with Crippen molar-refractivity contribution >= 4 is 27.5 Å². The van der Waals surface area contributed by atoms with Crippen molar-refractivity contribution in [2.45, 2.75) is 31.8 Å². The molecule has 0 aliphatic carbocycles. The van der Waals surface area contributed by atoms with E-state index in [2.05, 4.69) is 15.9 Å². The van der Waals surface area contributed by atoms with E-state index >= 15 is 0 Å². The zero-order valence-corrected chi connectivity index (χ0v) is 13.3. The molecule has 7 heteroatoms. The molecular formula is C14H17BrN2O4. The van der Waals surface area contributed by atoms with Crippen molar-refractivity contribution in [3.05, 3.63) is 38.3 Å². The number of carbonyl (C=O) groups is 1. The van der Waals surface area contributed by atoms with Crippen LogP contribution in [0.25, 0.3) is 0 Å². The number of hydrogen-bond acceptors (Lipinski definition) is 4. The number of hydrogen-bond donors (Lipinski definition) is 1. The van der Waals surface area contributed by atoms with E-state index in [-0.39, 0.29) is 11.6 Å². The van der Waals surface area contributed by atoms with Crippen molar-refractivity contribution in [1.82, 2.24) is 4.90 Å². The lowest BCUT2D eigenvalue weighted by Gasteiger charge is -2.22. The minimum atomic E-state index is -0.749. The van der Waals surface area contributed by atoms with Crippen LogP contribution in [0.1, 0.15) is 36.5 Å². The molecule has 0 bridgehead atoms. The molecule has 114 valence electrons. The smallest absolute Gasteiger partial charge is 0.284 e. The molecule has 21 heavy (non-hydrogen) atoms. The van der Waals surface area contributed by atoms with E-state index in [1.54, 1.807) is 17.9 Å². The summed E-state index contributed by atoms with van der Waals surface area (Å²) in [6, 6.07) is 4.37. The number of nitrogens with zero attached hydrogens (tertiary/aromatic N) is 2. The SMILES string of the molecule is CC1(O)CCCN(C(=O)c2ccc(Br)c([N+](=O)[O-])c2)CC1. The van der Waals surface area contributed by atoms with Crippen LogP contribution >= 0.6 is 15.9 Å². The van der Waals surface area contributed by atoms with Gasteiger partial charge >= 0.3 is 0 Å². The van der Waals surface area contributed by atoms with Crippen molar-refractivity contribution in [2.24, 2.45) is 0 Å². The van der Waals surface area contributed by atoms with Crippen LogP contribution in [-0.4, -0.2) is 39.5 Å². The van der Waals surface area contributed by atoms with E-state index in [9.17, 15) is 20.0 Å². The van der Waals surface area contributed by atoms with E-state index in [1.807, 2.05) is 0 Å². The Morgan fingerprint density at radius 2 is 2.14 bits per heavy atom. The van der Waals surface area contributed by atoms with Crippen LogP contribution in [-0.2, 0) is 0 Å². The van der Waals surface area contributed by atoms with E-state index in [0.717, 1.165) is 6.42 Å². The van der Waals surface area contributed by atoms with Gasteiger partial charge in [0.25, 0.3) is 11.6 Å². The summed E-state index contributed by atoms with van der Waals surface area (Å²) in [7, 11) is 0. The van der Waals surface area contributed by atoms with Gasteiger partial charge in [0.05, 0.1) is 15.0 Å². The van der Waals surface area contributed by atoms with Gasteiger partial charge in [-0.3, -0.25) is 14.9 Å². The van der Waals surface area contributed by atoms with Gasteiger partial charge in [-0.2, -0.15) is 0 Å². The number of nitro groups is 1. The summed E-state index contributed by atoms with van der Waals surface area (Å²) in [6.45, 7) is 2.78. The first kappa shape index (κ1) is 15.9. The van der Waals surface area contributed by atoms with Gasteiger partial charge in [-0.05, 0) is 54.2 Å². The van der Waals surface area contributed by atoms with Crippen LogP contribution in [0.4, 0.5) is 5.69 Å². The standard InChI is InChI=1S/C14H17BrN2O4/c1-14(19)5-2-7-16(8-6-14)13(18)10-3-4-11(15)12(9-10)17(20)21/h3-4,9,19H,2,5-8H2,1H3. The van der Waals surface area contributed by atoms with Crippen molar-refractivity contribution in [3.8, 4) is 0 Å². The molecule has 1 heterocycles. The van der Waals surface area contributed by atoms with E-state index in [4.69, 9.17) is 0 Å². The molecule has 2 rings (SSSR count). The number of rotatable bonds is 2. The van der Waals surface area contributed by atoms with Crippen LogP contribution in [0.15, 0.2) is 22.7 Å².